The van der Waals surface area contributed by atoms with Crippen molar-refractivity contribution >= 4 is 5.91 Å². The van der Waals surface area contributed by atoms with Crippen LogP contribution in [0.2, 0.25) is 0 Å². The van der Waals surface area contributed by atoms with Crippen molar-refractivity contribution in [3.8, 4) is 0 Å². The monoisotopic (exact) mass is 1090 g/mol. The Morgan fingerprint density at radius 3 is 1.18 bits per heavy atom. The zero-order valence-corrected chi connectivity index (χ0v) is 50.1. The smallest absolute Gasteiger partial charge is 0.220 e. The molecule has 9 nitrogen and oxygen atoms in total. The van der Waals surface area contributed by atoms with E-state index in [-0.39, 0.29) is 12.5 Å². The van der Waals surface area contributed by atoms with Gasteiger partial charge in [0.05, 0.1) is 25.4 Å². The third kappa shape index (κ3) is 45.8. The van der Waals surface area contributed by atoms with Gasteiger partial charge < -0.3 is 40.3 Å². The van der Waals surface area contributed by atoms with Gasteiger partial charge in [0.1, 0.15) is 24.4 Å². The first-order valence-corrected chi connectivity index (χ1v) is 32.5. The zero-order chi connectivity index (χ0) is 56.5. The van der Waals surface area contributed by atoms with Crippen molar-refractivity contribution in [1.82, 2.24) is 5.32 Å². The fourth-order valence-electron chi connectivity index (χ4n) is 9.84. The van der Waals surface area contributed by atoms with Crippen LogP contribution < -0.4 is 5.32 Å². The highest BCUT2D eigenvalue weighted by Crippen LogP contribution is 2.23. The van der Waals surface area contributed by atoms with Crippen molar-refractivity contribution in [3.05, 3.63) is 97.2 Å². The first kappa shape index (κ1) is 73.1. The molecule has 1 aliphatic heterocycles. The van der Waals surface area contributed by atoms with Gasteiger partial charge in [-0.1, -0.05) is 291 Å². The van der Waals surface area contributed by atoms with Gasteiger partial charge in [-0.15, -0.1) is 0 Å². The lowest BCUT2D eigenvalue weighted by Crippen LogP contribution is -2.60. The van der Waals surface area contributed by atoms with Gasteiger partial charge >= 0.3 is 0 Å². The second kappa shape index (κ2) is 57.3. The number of hydrogen-bond donors (Lipinski definition) is 6. The Labute approximate surface area is 479 Å². The number of amides is 1. The van der Waals surface area contributed by atoms with Crippen molar-refractivity contribution in [3.63, 3.8) is 0 Å². The van der Waals surface area contributed by atoms with E-state index in [0.717, 1.165) is 83.5 Å². The van der Waals surface area contributed by atoms with Gasteiger partial charge in [0.2, 0.25) is 5.91 Å². The maximum atomic E-state index is 13.1. The average molecular weight is 1090 g/mol. The molecule has 1 fully saturated rings. The number of rotatable bonds is 55. The van der Waals surface area contributed by atoms with Gasteiger partial charge in [-0.3, -0.25) is 4.79 Å². The predicted molar refractivity (Wildman–Crippen MR) is 331 cm³/mol. The minimum Gasteiger partial charge on any atom is -0.394 e. The summed E-state index contributed by atoms with van der Waals surface area (Å²) in [5, 5.41) is 54.6. The number of hydrogen-bond acceptors (Lipinski definition) is 8. The number of unbranched alkanes of at least 4 members (excludes halogenated alkanes) is 31. The predicted octanol–water partition coefficient (Wildman–Crippen LogP) is 17.1. The number of ether oxygens (including phenoxy) is 2. The summed E-state index contributed by atoms with van der Waals surface area (Å²) >= 11 is 0. The van der Waals surface area contributed by atoms with E-state index in [1.54, 1.807) is 6.08 Å². The van der Waals surface area contributed by atoms with Crippen LogP contribution in [0, 0.1) is 0 Å². The molecule has 0 aromatic heterocycles. The van der Waals surface area contributed by atoms with Gasteiger partial charge in [0, 0.05) is 6.42 Å². The normalized spacial score (nSPS) is 19.3. The van der Waals surface area contributed by atoms with E-state index in [1.165, 1.54) is 173 Å². The van der Waals surface area contributed by atoms with Crippen LogP contribution in [0.3, 0.4) is 0 Å². The number of aliphatic hydroxyl groups is 5. The average Bonchev–Trinajstić information content (AvgIpc) is 3.45. The first-order valence-electron chi connectivity index (χ1n) is 32.5. The quantitative estimate of drug-likeness (QED) is 0.0261. The number of aliphatic hydroxyl groups excluding tert-OH is 5. The van der Waals surface area contributed by atoms with Crippen LogP contribution in [-0.4, -0.2) is 87.5 Å². The second-order valence-electron chi connectivity index (χ2n) is 22.2. The maximum Gasteiger partial charge on any atom is 0.220 e. The Hall–Kier alpha value is -2.89. The molecule has 78 heavy (non-hydrogen) atoms. The molecule has 0 aromatic rings. The Bertz CT molecular complexity index is 1550. The minimum absolute atomic E-state index is 0.177. The SMILES string of the molecule is CC/C=C\C/C=C\C/C=C\C/C=C\C/C=C\C/C=C\C/C=C\CCCCCCCCCCCCCCCCCCCC(=O)NC(COC1OC(CO)C(O)C(O)C1O)C(O)/C=C/CCCCCCCCCCCCCCCC. The van der Waals surface area contributed by atoms with E-state index in [0.29, 0.717) is 6.42 Å². The van der Waals surface area contributed by atoms with Gasteiger partial charge in [0.25, 0.3) is 0 Å². The van der Waals surface area contributed by atoms with Crippen molar-refractivity contribution < 1.29 is 39.8 Å². The third-order valence-corrected chi connectivity index (χ3v) is 14.9. The Kier molecular flexibility index (Phi) is 53.8. The summed E-state index contributed by atoms with van der Waals surface area (Å²) < 4.78 is 11.3. The summed E-state index contributed by atoms with van der Waals surface area (Å²) in [6.45, 7) is 3.68. The highest BCUT2D eigenvalue weighted by atomic mass is 16.7. The van der Waals surface area contributed by atoms with Crippen LogP contribution >= 0.6 is 0 Å². The lowest BCUT2D eigenvalue weighted by Gasteiger charge is -2.40. The Morgan fingerprint density at radius 2 is 0.795 bits per heavy atom. The first-order chi connectivity index (χ1) is 38.3. The number of allylic oxidation sites excluding steroid dienone is 15. The fourth-order valence-corrected chi connectivity index (χ4v) is 9.84. The summed E-state index contributed by atoms with van der Waals surface area (Å²) in [5.41, 5.74) is 0. The molecule has 0 bridgehead atoms. The van der Waals surface area contributed by atoms with E-state index in [1.807, 2.05) is 6.08 Å². The summed E-state index contributed by atoms with van der Waals surface area (Å²) in [4.78, 5) is 13.1. The highest BCUT2D eigenvalue weighted by Gasteiger charge is 2.44. The van der Waals surface area contributed by atoms with E-state index in [9.17, 15) is 30.3 Å². The number of carbonyl (C=O) groups is 1. The van der Waals surface area contributed by atoms with Crippen LogP contribution in [-0.2, 0) is 14.3 Å². The summed E-state index contributed by atoms with van der Waals surface area (Å²) in [6.07, 6.45) is 76.4. The Balaban J connectivity index is 2.10. The molecule has 450 valence electrons. The summed E-state index contributed by atoms with van der Waals surface area (Å²) in [5.74, 6) is -0.177. The Morgan fingerprint density at radius 1 is 0.449 bits per heavy atom. The van der Waals surface area contributed by atoms with E-state index in [4.69, 9.17) is 9.47 Å². The molecule has 6 N–H and O–H groups in total. The third-order valence-electron chi connectivity index (χ3n) is 14.9. The number of nitrogens with one attached hydrogen (secondary N) is 1. The molecule has 1 heterocycles. The molecule has 0 aliphatic carbocycles. The minimum atomic E-state index is -1.57. The van der Waals surface area contributed by atoms with Crippen LogP contribution in [0.25, 0.3) is 0 Å². The van der Waals surface area contributed by atoms with Crippen molar-refractivity contribution in [2.75, 3.05) is 13.2 Å². The lowest BCUT2D eigenvalue weighted by molar-refractivity contribution is -0.302. The standard InChI is InChI=1S/C69H121NO8/c1-3-5-7-9-11-13-15-17-19-21-22-23-24-25-26-27-28-29-30-31-32-33-34-35-36-37-38-39-40-41-42-43-45-47-49-51-53-55-57-59-65(73)70-62(61-77-69-68(76)67(75)66(74)64(60-71)78-69)63(72)58-56-54-52-50-48-46-44-20-18-16-14-12-10-8-6-4-2/h5,7,11,13,17,19,22-23,25-26,28-29,31-32,56,58,62-64,66-69,71-72,74-76H,3-4,6,8-10,12,14-16,18,20-21,24,27,30,33-55,57,59-61H2,1-2H3,(H,70,73)/b7-5-,13-11-,19-17-,23-22-,26-25-,29-28-,32-31-,58-56+. The van der Waals surface area contributed by atoms with Gasteiger partial charge in [-0.05, 0) is 77.0 Å². The second-order valence-corrected chi connectivity index (χ2v) is 22.2. The van der Waals surface area contributed by atoms with Crippen molar-refractivity contribution in [1.29, 1.82) is 0 Å². The summed E-state index contributed by atoms with van der Waals surface area (Å²) in [6, 6.07) is -0.808. The number of carbonyl (C=O) groups excluding carboxylic acids is 1. The van der Waals surface area contributed by atoms with Gasteiger partial charge in [-0.25, -0.2) is 0 Å². The van der Waals surface area contributed by atoms with E-state index < -0.39 is 49.5 Å². The molecule has 7 unspecified atom stereocenters. The van der Waals surface area contributed by atoms with E-state index >= 15 is 0 Å². The largest absolute Gasteiger partial charge is 0.394 e. The molecule has 7 atom stereocenters. The zero-order valence-electron chi connectivity index (χ0n) is 50.1. The molecule has 0 radical (unpaired) electrons. The van der Waals surface area contributed by atoms with Gasteiger partial charge in [0.15, 0.2) is 6.29 Å². The molecule has 0 aromatic carbocycles. The molecule has 0 spiro atoms. The van der Waals surface area contributed by atoms with Gasteiger partial charge in [-0.2, -0.15) is 0 Å². The molecular weight excluding hydrogens is 971 g/mol. The molecule has 9 heteroatoms. The van der Waals surface area contributed by atoms with Crippen LogP contribution in [0.4, 0.5) is 0 Å². The summed E-state index contributed by atoms with van der Waals surface area (Å²) in [7, 11) is 0. The molecule has 0 saturated carbocycles. The molecule has 1 rings (SSSR count). The topological polar surface area (TPSA) is 149 Å². The molecular formula is C69H121NO8. The van der Waals surface area contributed by atoms with Crippen LogP contribution in [0.5, 0.6) is 0 Å². The lowest BCUT2D eigenvalue weighted by atomic mass is 9.99. The van der Waals surface area contributed by atoms with E-state index in [2.05, 4.69) is 104 Å². The highest BCUT2D eigenvalue weighted by molar-refractivity contribution is 5.76. The maximum absolute atomic E-state index is 13.1. The van der Waals surface area contributed by atoms with Crippen molar-refractivity contribution in [2.45, 2.75) is 320 Å². The van der Waals surface area contributed by atoms with Crippen molar-refractivity contribution in [2.24, 2.45) is 0 Å². The molecule has 1 amide bonds. The van der Waals surface area contributed by atoms with Crippen LogP contribution in [0.15, 0.2) is 97.2 Å². The van der Waals surface area contributed by atoms with Crippen LogP contribution in [0.1, 0.15) is 277 Å². The fraction of sp³-hybridized carbons (Fsp3) is 0.754. The molecule has 1 aliphatic rings. The molecule has 1 saturated heterocycles.